The molecule has 0 atom stereocenters. The Hall–Kier alpha value is -2.96. The van der Waals surface area contributed by atoms with Crippen LogP contribution < -0.4 is 5.32 Å². The first kappa shape index (κ1) is 16.5. The number of amides is 1. The highest BCUT2D eigenvalue weighted by molar-refractivity contribution is 5.95. The Labute approximate surface area is 152 Å². The predicted octanol–water partition coefficient (Wildman–Crippen LogP) is 2.21. The van der Waals surface area contributed by atoms with E-state index in [-0.39, 0.29) is 5.91 Å². The molecule has 0 saturated heterocycles. The van der Waals surface area contributed by atoms with Crippen molar-refractivity contribution in [2.24, 2.45) is 0 Å². The summed E-state index contributed by atoms with van der Waals surface area (Å²) < 4.78 is 3.93. The number of benzene rings is 1. The smallest absolute Gasteiger partial charge is 0.255 e. The molecule has 0 fully saturated rings. The molecular weight excluding hydrogens is 328 g/mol. The Kier molecular flexibility index (Phi) is 4.28. The Morgan fingerprint density at radius 2 is 2.04 bits per heavy atom. The van der Waals surface area contributed by atoms with Gasteiger partial charge in [-0.3, -0.25) is 4.79 Å². The highest BCUT2D eigenvalue weighted by Gasteiger charge is 2.20. The maximum atomic E-state index is 12.7. The van der Waals surface area contributed by atoms with Gasteiger partial charge >= 0.3 is 0 Å². The van der Waals surface area contributed by atoms with Gasteiger partial charge in [0, 0.05) is 13.0 Å². The summed E-state index contributed by atoms with van der Waals surface area (Å²) in [6, 6.07) is 8.12. The fraction of sp³-hybridized carbons (Fsp3) is 0.368. The van der Waals surface area contributed by atoms with Gasteiger partial charge in [-0.25, -0.2) is 4.68 Å². The second-order valence-electron chi connectivity index (χ2n) is 6.58. The summed E-state index contributed by atoms with van der Waals surface area (Å²) in [4.78, 5) is 12.7. The van der Waals surface area contributed by atoms with E-state index in [9.17, 15) is 4.79 Å². The van der Waals surface area contributed by atoms with Crippen molar-refractivity contribution in [2.45, 2.75) is 46.2 Å². The molecule has 1 N–H and O–H groups in total. The number of rotatable bonds is 5. The highest BCUT2D eigenvalue weighted by atomic mass is 16.1. The van der Waals surface area contributed by atoms with Crippen molar-refractivity contribution >= 4 is 5.91 Å². The number of nitrogens with one attached hydrogen (secondary N) is 1. The van der Waals surface area contributed by atoms with Crippen LogP contribution in [-0.4, -0.2) is 30.5 Å². The molecule has 0 saturated carbocycles. The Bertz CT molecular complexity index is 938. The number of carbonyl (C=O) groups is 1. The number of hydrogen-bond acceptors (Lipinski definition) is 4. The van der Waals surface area contributed by atoms with Gasteiger partial charge in [-0.15, -0.1) is 10.2 Å². The maximum Gasteiger partial charge on any atom is 0.255 e. The zero-order valence-electron chi connectivity index (χ0n) is 15.1. The van der Waals surface area contributed by atoms with Crippen molar-refractivity contribution in [3.8, 4) is 5.69 Å². The SMILES string of the molecule is CCc1c(C(=O)NCc2nnc3n2CCC3)cnn1-c1ccc(C)cc1. The third kappa shape index (κ3) is 2.89. The standard InChI is InChI=1S/C19H22N6O/c1-3-16-15(11-21-25(16)14-8-6-13(2)7-9-14)19(26)20-12-18-23-22-17-5-4-10-24(17)18/h6-9,11H,3-5,10,12H2,1-2H3,(H,20,26). The molecule has 0 spiro atoms. The van der Waals surface area contributed by atoms with Crippen LogP contribution >= 0.6 is 0 Å². The minimum absolute atomic E-state index is 0.129. The van der Waals surface area contributed by atoms with E-state index < -0.39 is 0 Å². The molecule has 0 aliphatic carbocycles. The average molecular weight is 350 g/mol. The zero-order chi connectivity index (χ0) is 18.1. The Balaban J connectivity index is 1.53. The highest BCUT2D eigenvalue weighted by Crippen LogP contribution is 2.17. The number of carbonyl (C=O) groups excluding carboxylic acids is 1. The van der Waals surface area contributed by atoms with Crippen LogP contribution in [0.5, 0.6) is 0 Å². The lowest BCUT2D eigenvalue weighted by molar-refractivity contribution is 0.0948. The van der Waals surface area contributed by atoms with E-state index in [4.69, 9.17) is 0 Å². The molecule has 1 aliphatic rings. The van der Waals surface area contributed by atoms with Crippen LogP contribution in [0.4, 0.5) is 0 Å². The zero-order valence-corrected chi connectivity index (χ0v) is 15.1. The van der Waals surface area contributed by atoms with Gasteiger partial charge in [0.2, 0.25) is 0 Å². The maximum absolute atomic E-state index is 12.7. The molecule has 3 aromatic rings. The van der Waals surface area contributed by atoms with E-state index in [1.165, 1.54) is 5.56 Å². The fourth-order valence-electron chi connectivity index (χ4n) is 3.41. The van der Waals surface area contributed by atoms with Gasteiger partial charge in [0.25, 0.3) is 5.91 Å². The quantitative estimate of drug-likeness (QED) is 0.765. The van der Waals surface area contributed by atoms with Crippen molar-refractivity contribution in [3.05, 3.63) is 58.9 Å². The number of aromatic nitrogens is 5. The van der Waals surface area contributed by atoms with Gasteiger partial charge in [-0.1, -0.05) is 24.6 Å². The first-order valence-corrected chi connectivity index (χ1v) is 9.00. The van der Waals surface area contributed by atoms with Crippen molar-refractivity contribution in [1.29, 1.82) is 0 Å². The molecule has 7 heteroatoms. The van der Waals surface area contributed by atoms with E-state index in [0.717, 1.165) is 48.8 Å². The molecule has 2 aromatic heterocycles. The van der Waals surface area contributed by atoms with Crippen LogP contribution in [0, 0.1) is 6.92 Å². The van der Waals surface area contributed by atoms with Crippen LogP contribution in [0.1, 0.15) is 46.6 Å². The number of hydrogen-bond donors (Lipinski definition) is 1. The summed E-state index contributed by atoms with van der Waals surface area (Å²) in [5.74, 6) is 1.70. The van der Waals surface area contributed by atoms with Gasteiger partial charge in [0.05, 0.1) is 29.7 Å². The molecule has 1 aliphatic heterocycles. The molecular formula is C19H22N6O. The van der Waals surface area contributed by atoms with Gasteiger partial charge in [0.15, 0.2) is 5.82 Å². The number of nitrogens with zero attached hydrogens (tertiary/aromatic N) is 5. The van der Waals surface area contributed by atoms with Crippen LogP contribution in [0.15, 0.2) is 30.5 Å². The first-order valence-electron chi connectivity index (χ1n) is 9.00. The summed E-state index contributed by atoms with van der Waals surface area (Å²) in [7, 11) is 0. The number of fused-ring (bicyclic) bond motifs is 1. The van der Waals surface area contributed by atoms with Crippen LogP contribution in [0.3, 0.4) is 0 Å². The lowest BCUT2D eigenvalue weighted by Gasteiger charge is -2.09. The van der Waals surface area contributed by atoms with E-state index in [1.807, 2.05) is 42.8 Å². The summed E-state index contributed by atoms with van der Waals surface area (Å²) in [6.07, 6.45) is 4.42. The minimum atomic E-state index is -0.129. The molecule has 1 amide bonds. The molecule has 3 heterocycles. The van der Waals surface area contributed by atoms with Crippen molar-refractivity contribution in [3.63, 3.8) is 0 Å². The second kappa shape index (κ2) is 6.74. The van der Waals surface area contributed by atoms with E-state index in [2.05, 4.69) is 25.2 Å². The van der Waals surface area contributed by atoms with Crippen LogP contribution in [0.2, 0.25) is 0 Å². The lowest BCUT2D eigenvalue weighted by Crippen LogP contribution is -2.25. The van der Waals surface area contributed by atoms with E-state index in [1.54, 1.807) is 6.20 Å². The Morgan fingerprint density at radius 3 is 2.81 bits per heavy atom. The van der Waals surface area contributed by atoms with Gasteiger partial charge < -0.3 is 9.88 Å². The van der Waals surface area contributed by atoms with E-state index >= 15 is 0 Å². The van der Waals surface area contributed by atoms with Crippen molar-refractivity contribution in [1.82, 2.24) is 29.9 Å². The summed E-state index contributed by atoms with van der Waals surface area (Å²) in [6.45, 7) is 5.39. The van der Waals surface area contributed by atoms with Gasteiger partial charge in [0.1, 0.15) is 5.82 Å². The fourth-order valence-corrected chi connectivity index (χ4v) is 3.41. The molecule has 134 valence electrons. The van der Waals surface area contributed by atoms with Crippen LogP contribution in [0.25, 0.3) is 5.69 Å². The summed E-state index contributed by atoms with van der Waals surface area (Å²) in [5, 5.41) is 15.8. The normalized spacial score (nSPS) is 13.0. The summed E-state index contributed by atoms with van der Waals surface area (Å²) >= 11 is 0. The summed E-state index contributed by atoms with van der Waals surface area (Å²) in [5.41, 5.74) is 3.66. The number of aryl methyl sites for hydroxylation is 2. The van der Waals surface area contributed by atoms with Crippen molar-refractivity contribution in [2.75, 3.05) is 0 Å². The average Bonchev–Trinajstić information content (AvgIpc) is 3.36. The lowest BCUT2D eigenvalue weighted by atomic mass is 10.1. The predicted molar refractivity (Wildman–Crippen MR) is 97.2 cm³/mol. The van der Waals surface area contributed by atoms with E-state index in [0.29, 0.717) is 12.1 Å². The molecule has 26 heavy (non-hydrogen) atoms. The molecule has 0 radical (unpaired) electrons. The van der Waals surface area contributed by atoms with Crippen LogP contribution in [-0.2, 0) is 25.9 Å². The molecule has 7 nitrogen and oxygen atoms in total. The largest absolute Gasteiger partial charge is 0.345 e. The molecule has 0 unspecified atom stereocenters. The van der Waals surface area contributed by atoms with Gasteiger partial charge in [-0.05, 0) is 31.9 Å². The molecule has 0 bridgehead atoms. The third-order valence-electron chi connectivity index (χ3n) is 4.82. The topological polar surface area (TPSA) is 77.6 Å². The third-order valence-corrected chi connectivity index (χ3v) is 4.82. The molecule has 1 aromatic carbocycles. The molecule has 4 rings (SSSR count). The Morgan fingerprint density at radius 1 is 1.23 bits per heavy atom. The van der Waals surface area contributed by atoms with Gasteiger partial charge in [-0.2, -0.15) is 5.10 Å². The monoisotopic (exact) mass is 350 g/mol. The minimum Gasteiger partial charge on any atom is -0.345 e. The first-order chi connectivity index (χ1) is 12.7. The van der Waals surface area contributed by atoms with Crippen molar-refractivity contribution < 1.29 is 4.79 Å². The second-order valence-corrected chi connectivity index (χ2v) is 6.58.